The Morgan fingerprint density at radius 3 is 2.83 bits per heavy atom. The van der Waals surface area contributed by atoms with Crippen LogP contribution in [0.3, 0.4) is 0 Å². The maximum atomic E-state index is 5.94. The van der Waals surface area contributed by atoms with E-state index in [2.05, 4.69) is 22.2 Å². The summed E-state index contributed by atoms with van der Waals surface area (Å²) in [7, 11) is 1.91. The highest BCUT2D eigenvalue weighted by molar-refractivity contribution is 14.0. The third kappa shape index (κ3) is 7.04. The van der Waals surface area contributed by atoms with Crippen LogP contribution in [0.1, 0.15) is 25.5 Å². The predicted octanol–water partition coefficient (Wildman–Crippen LogP) is 3.50. The summed E-state index contributed by atoms with van der Waals surface area (Å²) < 4.78 is 13.7. The molecule has 9 heteroatoms. The molecule has 160 valence electrons. The van der Waals surface area contributed by atoms with Gasteiger partial charge in [0.1, 0.15) is 18.0 Å². The molecule has 0 radical (unpaired) electrons. The molecule has 1 saturated heterocycles. The van der Waals surface area contributed by atoms with Gasteiger partial charge in [0, 0.05) is 36.9 Å². The lowest BCUT2D eigenvalue weighted by Gasteiger charge is -2.35. The third-order valence-corrected chi connectivity index (χ3v) is 4.70. The second kappa shape index (κ2) is 11.6. The third-order valence-electron chi connectivity index (χ3n) is 4.45. The van der Waals surface area contributed by atoms with E-state index in [0.29, 0.717) is 18.2 Å². The molecule has 2 atom stereocenters. The van der Waals surface area contributed by atoms with E-state index in [-0.39, 0.29) is 36.2 Å². The number of hydrogen-bond acceptors (Lipinski definition) is 4. The average Bonchev–Trinajstić information content (AvgIpc) is 3.13. The monoisotopic (exact) mass is 533 g/mol. The summed E-state index contributed by atoms with van der Waals surface area (Å²) in [6, 6.07) is 7.38. The lowest BCUT2D eigenvalue weighted by Crippen LogP contribution is -2.48. The topological polar surface area (TPSA) is 63.9 Å². The van der Waals surface area contributed by atoms with E-state index in [1.165, 1.54) is 0 Å². The molecule has 1 aliphatic heterocycles. The van der Waals surface area contributed by atoms with Crippen molar-refractivity contribution in [1.82, 2.24) is 20.0 Å². The molecule has 1 aromatic heterocycles. The van der Waals surface area contributed by atoms with E-state index in [1.807, 2.05) is 50.6 Å². The van der Waals surface area contributed by atoms with Crippen molar-refractivity contribution in [3.63, 3.8) is 0 Å². The Bertz CT molecular complexity index is 783. The summed E-state index contributed by atoms with van der Waals surface area (Å²) in [6.45, 7) is 7.64. The predicted molar refractivity (Wildman–Crippen MR) is 126 cm³/mol. The number of nitrogens with zero attached hydrogens (tertiary/aromatic N) is 4. The summed E-state index contributed by atoms with van der Waals surface area (Å²) in [5.41, 5.74) is 1.09. The molecular formula is C20H29ClIN5O2. The second-order valence-corrected chi connectivity index (χ2v) is 7.27. The van der Waals surface area contributed by atoms with Gasteiger partial charge in [-0.3, -0.25) is 4.68 Å². The number of rotatable bonds is 6. The van der Waals surface area contributed by atoms with Crippen LogP contribution < -0.4 is 10.1 Å². The molecule has 7 nitrogen and oxygen atoms in total. The Morgan fingerprint density at radius 1 is 1.41 bits per heavy atom. The number of aromatic nitrogens is 2. The van der Waals surface area contributed by atoms with Crippen LogP contribution >= 0.6 is 35.6 Å². The largest absolute Gasteiger partial charge is 0.489 e. The summed E-state index contributed by atoms with van der Waals surface area (Å²) in [5.74, 6) is 1.67. The number of nitrogens with one attached hydrogen (secondary N) is 1. The molecule has 2 heterocycles. The fourth-order valence-corrected chi connectivity index (χ4v) is 3.20. The smallest absolute Gasteiger partial charge is 0.194 e. The molecule has 1 aliphatic rings. The minimum atomic E-state index is -0.0509. The van der Waals surface area contributed by atoms with Crippen molar-refractivity contribution in [3.8, 4) is 5.75 Å². The molecule has 1 aromatic carbocycles. The van der Waals surface area contributed by atoms with Gasteiger partial charge in [0.25, 0.3) is 0 Å². The molecule has 0 amide bonds. The van der Waals surface area contributed by atoms with Gasteiger partial charge in [0.05, 0.1) is 25.9 Å². The molecule has 0 saturated carbocycles. The highest BCUT2D eigenvalue weighted by atomic mass is 127. The molecule has 0 bridgehead atoms. The van der Waals surface area contributed by atoms with E-state index >= 15 is 0 Å². The highest BCUT2D eigenvalue weighted by Crippen LogP contribution is 2.22. The second-order valence-electron chi connectivity index (χ2n) is 6.83. The zero-order valence-corrected chi connectivity index (χ0v) is 20.1. The molecule has 1 fully saturated rings. The maximum absolute atomic E-state index is 5.94. The van der Waals surface area contributed by atoms with Gasteiger partial charge >= 0.3 is 0 Å². The Hall–Kier alpha value is -1.52. The molecule has 0 aliphatic carbocycles. The molecule has 2 unspecified atom stereocenters. The van der Waals surface area contributed by atoms with Gasteiger partial charge in [0.2, 0.25) is 0 Å². The lowest BCUT2D eigenvalue weighted by atomic mass is 10.1. The highest BCUT2D eigenvalue weighted by Gasteiger charge is 2.25. The number of halogens is 2. The van der Waals surface area contributed by atoms with Gasteiger partial charge in [-0.25, -0.2) is 4.99 Å². The SMILES string of the molecule is CCNC(=NCC(C)Oc1ccc(Cl)cc1)N1CCOC(c2cnn(C)c2)C1.I. The first kappa shape index (κ1) is 23.8. The molecular weight excluding hydrogens is 505 g/mol. The van der Waals surface area contributed by atoms with Crippen molar-refractivity contribution in [3.05, 3.63) is 47.2 Å². The van der Waals surface area contributed by atoms with Gasteiger partial charge in [0.15, 0.2) is 5.96 Å². The number of ether oxygens (including phenoxy) is 2. The number of morpholine rings is 1. The van der Waals surface area contributed by atoms with E-state index in [4.69, 9.17) is 26.1 Å². The van der Waals surface area contributed by atoms with Crippen molar-refractivity contribution >= 4 is 41.5 Å². The standard InChI is InChI=1S/C20H28ClN5O2.HI/c1-4-22-20(23-11-15(2)28-18-7-5-17(21)6-8-18)26-9-10-27-19(14-26)16-12-24-25(3)13-16;/h5-8,12-13,15,19H,4,9-11,14H2,1-3H3,(H,22,23);1H. The summed E-state index contributed by atoms with van der Waals surface area (Å²) in [4.78, 5) is 7.02. The fourth-order valence-electron chi connectivity index (χ4n) is 3.07. The Morgan fingerprint density at radius 2 is 2.17 bits per heavy atom. The van der Waals surface area contributed by atoms with Gasteiger partial charge in [-0.15, -0.1) is 24.0 Å². The van der Waals surface area contributed by atoms with E-state index in [0.717, 1.165) is 36.9 Å². The molecule has 3 rings (SSSR count). The van der Waals surface area contributed by atoms with Crippen molar-refractivity contribution in [2.75, 3.05) is 32.8 Å². The zero-order chi connectivity index (χ0) is 19.9. The number of benzene rings is 1. The minimum absolute atomic E-state index is 0. The van der Waals surface area contributed by atoms with E-state index in [1.54, 1.807) is 4.68 Å². The van der Waals surface area contributed by atoms with Crippen molar-refractivity contribution in [2.24, 2.45) is 12.0 Å². The van der Waals surface area contributed by atoms with Crippen LogP contribution in [-0.4, -0.2) is 59.5 Å². The fraction of sp³-hybridized carbons (Fsp3) is 0.500. The number of aliphatic imine (C=N–C) groups is 1. The number of aryl methyl sites for hydroxylation is 1. The zero-order valence-electron chi connectivity index (χ0n) is 17.0. The normalized spacial score (nSPS) is 18.1. The van der Waals surface area contributed by atoms with Crippen LogP contribution in [0.5, 0.6) is 5.75 Å². The number of guanidine groups is 1. The first-order valence-corrected chi connectivity index (χ1v) is 9.98. The molecule has 0 spiro atoms. The van der Waals surface area contributed by atoms with Crippen LogP contribution in [0.15, 0.2) is 41.7 Å². The maximum Gasteiger partial charge on any atom is 0.194 e. The Kier molecular flexibility index (Phi) is 9.51. The van der Waals surface area contributed by atoms with Gasteiger partial charge in [-0.1, -0.05) is 11.6 Å². The van der Waals surface area contributed by atoms with Crippen molar-refractivity contribution in [2.45, 2.75) is 26.1 Å². The van der Waals surface area contributed by atoms with Crippen molar-refractivity contribution in [1.29, 1.82) is 0 Å². The first-order valence-electron chi connectivity index (χ1n) is 9.60. The summed E-state index contributed by atoms with van der Waals surface area (Å²) in [6.07, 6.45) is 3.81. The lowest BCUT2D eigenvalue weighted by molar-refractivity contribution is -0.00808. The van der Waals surface area contributed by atoms with Crippen molar-refractivity contribution < 1.29 is 9.47 Å². The molecule has 1 N–H and O–H groups in total. The van der Waals surface area contributed by atoms with Crippen LogP contribution in [0.4, 0.5) is 0 Å². The minimum Gasteiger partial charge on any atom is -0.489 e. The number of hydrogen-bond donors (Lipinski definition) is 1. The van der Waals surface area contributed by atoms with Crippen LogP contribution in [0, 0.1) is 0 Å². The van der Waals surface area contributed by atoms with E-state index < -0.39 is 0 Å². The van der Waals surface area contributed by atoms with Gasteiger partial charge in [-0.05, 0) is 38.1 Å². The molecule has 29 heavy (non-hydrogen) atoms. The quantitative estimate of drug-likeness (QED) is 0.350. The van der Waals surface area contributed by atoms with Crippen LogP contribution in [-0.2, 0) is 11.8 Å². The van der Waals surface area contributed by atoms with Crippen LogP contribution in [0.2, 0.25) is 5.02 Å². The van der Waals surface area contributed by atoms with Gasteiger partial charge < -0.3 is 19.7 Å². The average molecular weight is 534 g/mol. The first-order chi connectivity index (χ1) is 13.5. The van der Waals surface area contributed by atoms with Crippen LogP contribution in [0.25, 0.3) is 0 Å². The summed E-state index contributed by atoms with van der Waals surface area (Å²) in [5, 5.41) is 8.33. The summed E-state index contributed by atoms with van der Waals surface area (Å²) >= 11 is 5.92. The Balaban J connectivity index is 0.00000300. The van der Waals surface area contributed by atoms with E-state index in [9.17, 15) is 0 Å². The van der Waals surface area contributed by atoms with Gasteiger partial charge in [-0.2, -0.15) is 5.10 Å². The molecule has 2 aromatic rings. The Labute approximate surface area is 194 Å².